The highest BCUT2D eigenvalue weighted by molar-refractivity contribution is 5.98. The van der Waals surface area contributed by atoms with Gasteiger partial charge in [0.1, 0.15) is 6.04 Å². The van der Waals surface area contributed by atoms with Crippen LogP contribution in [-0.2, 0) is 4.79 Å². The first-order valence-corrected chi connectivity index (χ1v) is 6.24. The van der Waals surface area contributed by atoms with E-state index in [0.29, 0.717) is 17.1 Å². The number of nitrogens with zero attached hydrogens (tertiary/aromatic N) is 1. The highest BCUT2D eigenvalue weighted by Crippen LogP contribution is 2.33. The van der Waals surface area contributed by atoms with Crippen LogP contribution in [0.25, 0.3) is 0 Å². The van der Waals surface area contributed by atoms with Gasteiger partial charge in [0.25, 0.3) is 5.91 Å². The third-order valence-electron chi connectivity index (χ3n) is 3.49. The van der Waals surface area contributed by atoms with Gasteiger partial charge in [-0.2, -0.15) is 0 Å². The van der Waals surface area contributed by atoms with Crippen LogP contribution in [0.2, 0.25) is 0 Å². The van der Waals surface area contributed by atoms with E-state index in [9.17, 15) is 14.7 Å². The summed E-state index contributed by atoms with van der Waals surface area (Å²) < 4.78 is 10.4. The molecule has 1 unspecified atom stereocenters. The number of carbonyl (C=O) groups is 2. The zero-order valence-electron chi connectivity index (χ0n) is 10.6. The van der Waals surface area contributed by atoms with Crippen LogP contribution in [0.3, 0.4) is 0 Å². The normalized spacial score (nSPS) is 23.9. The second-order valence-electron chi connectivity index (χ2n) is 4.83. The van der Waals surface area contributed by atoms with Gasteiger partial charge >= 0.3 is 0 Å². The number of primary amides is 1. The third-order valence-corrected chi connectivity index (χ3v) is 3.49. The molecule has 0 bridgehead atoms. The van der Waals surface area contributed by atoms with E-state index in [-0.39, 0.29) is 25.7 Å². The minimum absolute atomic E-state index is 0.0981. The number of benzene rings is 1. The molecule has 3 N–H and O–H groups in total. The van der Waals surface area contributed by atoms with E-state index < -0.39 is 18.1 Å². The molecular formula is C13H14N2O5. The van der Waals surface area contributed by atoms with Gasteiger partial charge in [0, 0.05) is 18.5 Å². The van der Waals surface area contributed by atoms with Gasteiger partial charge in [-0.1, -0.05) is 0 Å². The molecule has 0 aromatic heterocycles. The highest BCUT2D eigenvalue weighted by Gasteiger charge is 2.38. The Morgan fingerprint density at radius 1 is 1.30 bits per heavy atom. The Kier molecular flexibility index (Phi) is 2.98. The molecule has 2 atom stereocenters. The van der Waals surface area contributed by atoms with Crippen molar-refractivity contribution in [3.05, 3.63) is 23.8 Å². The van der Waals surface area contributed by atoms with Gasteiger partial charge in [0.15, 0.2) is 11.5 Å². The van der Waals surface area contributed by atoms with Crippen LogP contribution < -0.4 is 15.2 Å². The van der Waals surface area contributed by atoms with E-state index in [1.54, 1.807) is 18.2 Å². The van der Waals surface area contributed by atoms with Crippen LogP contribution in [0.4, 0.5) is 0 Å². The van der Waals surface area contributed by atoms with E-state index in [0.717, 1.165) is 0 Å². The van der Waals surface area contributed by atoms with Gasteiger partial charge in [0.2, 0.25) is 12.7 Å². The Bertz CT molecular complexity index is 574. The standard InChI is InChI=1S/C13H14N2O5/c14-12(17)9-4-8(16)5-15(9)13(18)7-1-2-10-11(3-7)20-6-19-10/h1-3,8-9,16H,4-6H2,(H2,14,17)/t8-,9?/m1/s1. The fraction of sp³-hybridized carbons (Fsp3) is 0.385. The first kappa shape index (κ1) is 12.7. The monoisotopic (exact) mass is 278 g/mol. The highest BCUT2D eigenvalue weighted by atomic mass is 16.7. The summed E-state index contributed by atoms with van der Waals surface area (Å²) in [5.74, 6) is 0.0972. The molecule has 1 saturated heterocycles. The fourth-order valence-corrected chi connectivity index (χ4v) is 2.50. The van der Waals surface area contributed by atoms with E-state index >= 15 is 0 Å². The number of amides is 2. The summed E-state index contributed by atoms with van der Waals surface area (Å²) >= 11 is 0. The van der Waals surface area contributed by atoms with Crippen molar-refractivity contribution >= 4 is 11.8 Å². The number of aliphatic hydroxyl groups is 1. The Morgan fingerprint density at radius 3 is 2.80 bits per heavy atom. The SMILES string of the molecule is NC(=O)C1C[C@@H](O)CN1C(=O)c1ccc2c(c1)OCO2. The summed E-state index contributed by atoms with van der Waals surface area (Å²) in [6, 6.07) is 4.02. The number of hydrogen-bond acceptors (Lipinski definition) is 5. The molecule has 0 radical (unpaired) electrons. The van der Waals surface area contributed by atoms with Crippen LogP contribution >= 0.6 is 0 Å². The Balaban J connectivity index is 1.86. The largest absolute Gasteiger partial charge is 0.454 e. The van der Waals surface area contributed by atoms with Crippen molar-refractivity contribution in [1.29, 1.82) is 0 Å². The number of aliphatic hydroxyl groups excluding tert-OH is 1. The topological polar surface area (TPSA) is 102 Å². The zero-order chi connectivity index (χ0) is 14.3. The van der Waals surface area contributed by atoms with Crippen LogP contribution in [0.5, 0.6) is 11.5 Å². The Hall–Kier alpha value is -2.28. The maximum Gasteiger partial charge on any atom is 0.254 e. The van der Waals surface area contributed by atoms with E-state index in [2.05, 4.69) is 0 Å². The fourth-order valence-electron chi connectivity index (χ4n) is 2.50. The first-order chi connectivity index (χ1) is 9.56. The lowest BCUT2D eigenvalue weighted by molar-refractivity contribution is -0.121. The molecule has 2 aliphatic rings. The minimum atomic E-state index is -0.775. The molecule has 7 nitrogen and oxygen atoms in total. The predicted molar refractivity (Wildman–Crippen MR) is 67.2 cm³/mol. The van der Waals surface area contributed by atoms with Crippen molar-refractivity contribution in [2.75, 3.05) is 13.3 Å². The summed E-state index contributed by atoms with van der Waals surface area (Å²) in [6.45, 7) is 0.222. The predicted octanol–water partition coefficient (Wildman–Crippen LogP) is -0.524. The lowest BCUT2D eigenvalue weighted by Crippen LogP contribution is -2.43. The second-order valence-corrected chi connectivity index (χ2v) is 4.83. The van der Waals surface area contributed by atoms with Crippen LogP contribution in [0.15, 0.2) is 18.2 Å². The molecular weight excluding hydrogens is 264 g/mol. The van der Waals surface area contributed by atoms with E-state index in [1.165, 1.54) is 4.90 Å². The summed E-state index contributed by atoms with van der Waals surface area (Å²) in [5.41, 5.74) is 5.64. The van der Waals surface area contributed by atoms with Gasteiger partial charge in [0.05, 0.1) is 6.10 Å². The molecule has 0 aliphatic carbocycles. The van der Waals surface area contributed by atoms with Crippen molar-refractivity contribution < 1.29 is 24.2 Å². The van der Waals surface area contributed by atoms with Gasteiger partial charge in [-0.15, -0.1) is 0 Å². The quantitative estimate of drug-likeness (QED) is 0.757. The van der Waals surface area contributed by atoms with Gasteiger partial charge in [-0.3, -0.25) is 9.59 Å². The molecule has 2 aliphatic heterocycles. The van der Waals surface area contributed by atoms with Crippen LogP contribution in [-0.4, -0.2) is 47.3 Å². The van der Waals surface area contributed by atoms with Crippen molar-refractivity contribution in [3.63, 3.8) is 0 Å². The number of ether oxygens (including phenoxy) is 2. The van der Waals surface area contributed by atoms with Crippen molar-refractivity contribution in [1.82, 2.24) is 4.90 Å². The smallest absolute Gasteiger partial charge is 0.254 e. The zero-order valence-corrected chi connectivity index (χ0v) is 10.6. The maximum atomic E-state index is 12.4. The third kappa shape index (κ3) is 2.05. The lowest BCUT2D eigenvalue weighted by Gasteiger charge is -2.21. The molecule has 2 heterocycles. The molecule has 1 aromatic carbocycles. The number of carbonyl (C=O) groups excluding carboxylic acids is 2. The molecule has 1 fully saturated rings. The minimum Gasteiger partial charge on any atom is -0.454 e. The molecule has 1 aromatic rings. The molecule has 3 rings (SSSR count). The van der Waals surface area contributed by atoms with Gasteiger partial charge < -0.3 is 25.2 Å². The number of hydrogen-bond donors (Lipinski definition) is 2. The molecule has 2 amide bonds. The summed E-state index contributed by atoms with van der Waals surface area (Å²) in [7, 11) is 0. The maximum absolute atomic E-state index is 12.4. The van der Waals surface area contributed by atoms with Crippen molar-refractivity contribution in [2.45, 2.75) is 18.6 Å². The average molecular weight is 278 g/mol. The molecule has 0 saturated carbocycles. The lowest BCUT2D eigenvalue weighted by atomic mass is 10.1. The summed E-state index contributed by atoms with van der Waals surface area (Å²) in [6.07, 6.45) is -0.559. The van der Waals surface area contributed by atoms with Crippen molar-refractivity contribution in [3.8, 4) is 11.5 Å². The Morgan fingerprint density at radius 2 is 2.05 bits per heavy atom. The van der Waals surface area contributed by atoms with Crippen LogP contribution in [0.1, 0.15) is 16.8 Å². The van der Waals surface area contributed by atoms with Gasteiger partial charge in [-0.25, -0.2) is 0 Å². The molecule has 106 valence electrons. The molecule has 7 heteroatoms. The number of fused-ring (bicyclic) bond motifs is 1. The molecule has 20 heavy (non-hydrogen) atoms. The second kappa shape index (κ2) is 4.68. The first-order valence-electron chi connectivity index (χ1n) is 6.24. The summed E-state index contributed by atoms with van der Waals surface area (Å²) in [4.78, 5) is 25.1. The number of β-amino-alcohol motifs (C(OH)–C–C–N with tert-alkyl or cyclic N) is 1. The van der Waals surface area contributed by atoms with Gasteiger partial charge in [-0.05, 0) is 18.2 Å². The molecule has 0 spiro atoms. The average Bonchev–Trinajstić information content (AvgIpc) is 3.02. The number of nitrogens with two attached hydrogens (primary N) is 1. The van der Waals surface area contributed by atoms with Crippen molar-refractivity contribution in [2.24, 2.45) is 5.73 Å². The van der Waals surface area contributed by atoms with E-state index in [1.807, 2.05) is 0 Å². The number of rotatable bonds is 2. The van der Waals surface area contributed by atoms with E-state index in [4.69, 9.17) is 15.2 Å². The van der Waals surface area contributed by atoms with Crippen LogP contribution in [0, 0.1) is 0 Å². The summed E-state index contributed by atoms with van der Waals surface area (Å²) in [5, 5.41) is 9.62. The number of likely N-dealkylation sites (tertiary alicyclic amines) is 1. The Labute approximate surface area is 114 Å².